The number of hydrogen-bond acceptors (Lipinski definition) is 4. The highest BCUT2D eigenvalue weighted by molar-refractivity contribution is 5.97. The molecule has 2 aromatic carbocycles. The molecule has 0 unspecified atom stereocenters. The minimum Gasteiger partial charge on any atom is -1.00 e. The number of ketones is 1. The molecule has 0 amide bonds. The van der Waals surface area contributed by atoms with E-state index in [2.05, 4.69) is 23.6 Å². The maximum atomic E-state index is 12.1. The molecule has 1 aliphatic rings. The van der Waals surface area contributed by atoms with Gasteiger partial charge in [0.05, 0.1) is 6.54 Å². The van der Waals surface area contributed by atoms with E-state index >= 15 is 0 Å². The molecule has 0 saturated carbocycles. The highest BCUT2D eigenvalue weighted by Crippen LogP contribution is 2.10. The first-order valence-corrected chi connectivity index (χ1v) is 6.89. The van der Waals surface area contributed by atoms with Crippen LogP contribution in [0.1, 0.15) is 15.9 Å². The van der Waals surface area contributed by atoms with E-state index in [1.54, 1.807) is 5.01 Å². The summed E-state index contributed by atoms with van der Waals surface area (Å²) in [7, 11) is 0. The van der Waals surface area contributed by atoms with Crippen molar-refractivity contribution < 1.29 is 21.8 Å². The average Bonchev–Trinajstić information content (AvgIpc) is 2.96. The van der Waals surface area contributed by atoms with Crippen molar-refractivity contribution in [2.24, 2.45) is 5.10 Å². The molecule has 0 aromatic heterocycles. The minimum atomic E-state index is 0. The molecule has 2 aromatic rings. The van der Waals surface area contributed by atoms with Crippen LogP contribution < -0.4 is 17.0 Å². The Kier molecular flexibility index (Phi) is 5.64. The number of halogens is 1. The number of hydrazone groups is 1. The number of carbonyl (C=O) groups is 1. The summed E-state index contributed by atoms with van der Waals surface area (Å²) < 4.78 is 0. The molecule has 0 fully saturated rings. The zero-order chi connectivity index (χ0) is 14.5. The van der Waals surface area contributed by atoms with Gasteiger partial charge < -0.3 is 17.0 Å². The predicted octanol–water partition coefficient (Wildman–Crippen LogP) is -0.531. The topological polar surface area (TPSA) is 35.9 Å². The molecule has 0 N–H and O–H groups in total. The van der Waals surface area contributed by atoms with Gasteiger partial charge in [-0.25, -0.2) is 5.01 Å². The van der Waals surface area contributed by atoms with Gasteiger partial charge in [-0.3, -0.25) is 4.79 Å². The Balaban J connectivity index is 0.00000176. The number of hydrogen-bond donors (Lipinski definition) is 0. The fraction of sp³-hybridized carbons (Fsp3) is 0.176. The molecular weight excluding hydrogens is 342 g/mol. The monoisotopic (exact) mass is 357 g/mol. The van der Waals surface area contributed by atoms with Crippen molar-refractivity contribution in [3.05, 3.63) is 71.8 Å². The van der Waals surface area contributed by atoms with Gasteiger partial charge in [-0.1, -0.05) is 60.7 Å². The maximum absolute atomic E-state index is 12.1. The van der Waals surface area contributed by atoms with Gasteiger partial charge in [0, 0.05) is 5.56 Å². The van der Waals surface area contributed by atoms with Crippen molar-refractivity contribution in [1.82, 2.24) is 9.91 Å². The first kappa shape index (κ1) is 16.1. The summed E-state index contributed by atoms with van der Waals surface area (Å²) in [6, 6.07) is 19.5. The summed E-state index contributed by atoms with van der Waals surface area (Å²) in [5.41, 5.74) is 1.92. The highest BCUT2D eigenvalue weighted by atomic mass is 79.9. The van der Waals surface area contributed by atoms with Crippen LogP contribution in [0.25, 0.3) is 0 Å². The normalized spacial score (nSPS) is 12.7. The molecule has 22 heavy (non-hydrogen) atoms. The second-order valence-electron chi connectivity index (χ2n) is 4.98. The van der Waals surface area contributed by atoms with Crippen LogP contribution in [0.5, 0.6) is 0 Å². The maximum Gasteiger partial charge on any atom is 0.544 e. The third kappa shape index (κ3) is 4.13. The Morgan fingerprint density at radius 1 is 1.05 bits per heavy atom. The van der Waals surface area contributed by atoms with E-state index in [4.69, 9.17) is 0 Å². The van der Waals surface area contributed by atoms with Crippen molar-refractivity contribution in [3.8, 4) is 0 Å². The Labute approximate surface area is 140 Å². The fourth-order valence-electron chi connectivity index (χ4n) is 2.24. The molecule has 3 rings (SSSR count). The van der Waals surface area contributed by atoms with Gasteiger partial charge in [-0.15, -0.1) is 4.90 Å². The number of Topliss-reactive ketones (excluding diaryl/α,β-unsaturated/α-hetero) is 1. The van der Waals surface area contributed by atoms with Crippen LogP contribution in [0.4, 0.5) is 0 Å². The Bertz CT molecular complexity index is 631. The van der Waals surface area contributed by atoms with Crippen LogP contribution in [0.15, 0.2) is 65.8 Å². The van der Waals surface area contributed by atoms with Gasteiger partial charge in [-0.05, 0) is 5.56 Å². The van der Waals surface area contributed by atoms with Gasteiger partial charge in [0.25, 0.3) is 0 Å². The minimum absolute atomic E-state index is 0. The zero-order valence-electron chi connectivity index (χ0n) is 12.0. The summed E-state index contributed by atoms with van der Waals surface area (Å²) in [6.07, 6.45) is 2.94. The molecule has 5 heteroatoms. The SMILES string of the molecule is O=C(CN1CN(Cc2ccccc2)[C+]=N1)c1ccccc1.[Br-]. The largest absolute Gasteiger partial charge is 1.00 e. The number of nitrogens with zero attached hydrogens (tertiary/aromatic N) is 3. The van der Waals surface area contributed by atoms with Crippen LogP contribution in [0.2, 0.25) is 0 Å². The molecule has 0 aliphatic carbocycles. The van der Waals surface area contributed by atoms with Crippen LogP contribution >= 0.6 is 0 Å². The lowest BCUT2D eigenvalue weighted by Gasteiger charge is -2.10. The quantitative estimate of drug-likeness (QED) is 0.533. The van der Waals surface area contributed by atoms with Crippen molar-refractivity contribution in [2.45, 2.75) is 6.54 Å². The third-order valence-electron chi connectivity index (χ3n) is 3.30. The second kappa shape index (κ2) is 7.69. The van der Waals surface area contributed by atoms with Crippen molar-refractivity contribution in [2.75, 3.05) is 13.2 Å². The molecule has 0 bridgehead atoms. The van der Waals surface area contributed by atoms with Crippen LogP contribution in [0, 0.1) is 0 Å². The van der Waals surface area contributed by atoms with E-state index in [-0.39, 0.29) is 29.3 Å². The lowest BCUT2D eigenvalue weighted by Crippen LogP contribution is -3.00. The van der Waals surface area contributed by atoms with Gasteiger partial charge in [0.2, 0.25) is 0 Å². The third-order valence-corrected chi connectivity index (χ3v) is 3.30. The van der Waals surface area contributed by atoms with Crippen LogP contribution in [0.3, 0.4) is 0 Å². The average molecular weight is 358 g/mol. The number of carbonyl (C=O) groups excluding carboxylic acids is 1. The first-order chi connectivity index (χ1) is 10.3. The first-order valence-electron chi connectivity index (χ1n) is 6.89. The summed E-state index contributed by atoms with van der Waals surface area (Å²) in [4.78, 5) is 14.1. The predicted molar refractivity (Wildman–Crippen MR) is 81.8 cm³/mol. The van der Waals surface area contributed by atoms with E-state index in [0.717, 1.165) is 6.54 Å². The molecule has 0 radical (unpaired) electrons. The summed E-state index contributed by atoms with van der Waals surface area (Å²) in [5, 5.41) is 5.90. The van der Waals surface area contributed by atoms with Crippen molar-refractivity contribution in [3.63, 3.8) is 0 Å². The Hall–Kier alpha value is -2.23. The summed E-state index contributed by atoms with van der Waals surface area (Å²) in [5.74, 6) is 0.0720. The molecule has 0 spiro atoms. The van der Waals surface area contributed by atoms with Gasteiger partial charge in [0.1, 0.15) is 11.6 Å². The lowest BCUT2D eigenvalue weighted by molar-refractivity contribution is -0.0000126. The van der Waals surface area contributed by atoms with Crippen LogP contribution in [-0.4, -0.2) is 35.2 Å². The van der Waals surface area contributed by atoms with E-state index in [9.17, 15) is 4.79 Å². The Morgan fingerprint density at radius 2 is 1.68 bits per heavy atom. The second-order valence-corrected chi connectivity index (χ2v) is 4.98. The molecule has 0 atom stereocenters. The zero-order valence-corrected chi connectivity index (χ0v) is 13.6. The molecule has 112 valence electrons. The summed E-state index contributed by atoms with van der Waals surface area (Å²) >= 11 is 0. The van der Waals surface area contributed by atoms with Gasteiger partial charge >= 0.3 is 6.34 Å². The van der Waals surface area contributed by atoms with Crippen LogP contribution in [-0.2, 0) is 6.54 Å². The van der Waals surface area contributed by atoms with Gasteiger partial charge in [0.15, 0.2) is 12.5 Å². The lowest BCUT2D eigenvalue weighted by atomic mass is 10.1. The van der Waals surface area contributed by atoms with E-state index in [0.29, 0.717) is 12.2 Å². The number of benzene rings is 2. The van der Waals surface area contributed by atoms with Crippen molar-refractivity contribution in [1.29, 1.82) is 0 Å². The Morgan fingerprint density at radius 3 is 2.36 bits per heavy atom. The van der Waals surface area contributed by atoms with Gasteiger partial charge in [-0.2, -0.15) is 0 Å². The van der Waals surface area contributed by atoms with Crippen molar-refractivity contribution >= 4 is 12.1 Å². The molecular formula is C17H16BrN3O. The van der Waals surface area contributed by atoms with E-state index < -0.39 is 0 Å². The highest BCUT2D eigenvalue weighted by Gasteiger charge is 2.29. The molecule has 0 saturated heterocycles. The smallest absolute Gasteiger partial charge is 0.544 e. The van der Waals surface area contributed by atoms with E-state index in [1.807, 2.05) is 53.4 Å². The molecule has 4 nitrogen and oxygen atoms in total. The standard InChI is InChI=1S/C17H16N3O.BrH/c21-17(16-9-5-2-6-10-16)12-20-14-19(13-18-20)11-15-7-3-1-4-8-15;/h1-10H,11-12,14H2;1H/q+1;/p-1. The molecule has 1 heterocycles. The fourth-order valence-corrected chi connectivity index (χ4v) is 2.24. The van der Waals surface area contributed by atoms with E-state index in [1.165, 1.54) is 5.56 Å². The summed E-state index contributed by atoms with van der Waals surface area (Å²) in [6.45, 7) is 1.62. The number of rotatable bonds is 5. The molecule has 1 aliphatic heterocycles.